The number of carboxylic acid groups (broad SMARTS) is 1. The Balaban J connectivity index is 0.000000613. The highest BCUT2D eigenvalue weighted by Crippen LogP contribution is 2.32. The number of hydrogen-bond donors (Lipinski definition) is 1. The van der Waals surface area contributed by atoms with Gasteiger partial charge in [0.2, 0.25) is 0 Å². The molecule has 4 rings (SSSR count). The van der Waals surface area contributed by atoms with Gasteiger partial charge in [-0.15, -0.1) is 0 Å². The van der Waals surface area contributed by atoms with Crippen molar-refractivity contribution < 1.29 is 9.90 Å². The highest BCUT2D eigenvalue weighted by Gasteiger charge is 2.33. The van der Waals surface area contributed by atoms with E-state index in [0.29, 0.717) is 0 Å². The minimum Gasteiger partial charge on any atom is -0.483 e. The number of nitrogens with zero attached hydrogens (tertiary/aromatic N) is 5. The van der Waals surface area contributed by atoms with Crippen molar-refractivity contribution in [1.29, 1.82) is 0 Å². The third-order valence-corrected chi connectivity index (χ3v) is 5.41. The fraction of sp³-hybridized carbons (Fsp3) is 0.579. The van der Waals surface area contributed by atoms with Gasteiger partial charge in [-0.3, -0.25) is 4.79 Å². The number of aromatic nitrogens is 4. The van der Waals surface area contributed by atoms with Crippen molar-refractivity contribution in [1.82, 2.24) is 24.4 Å². The van der Waals surface area contributed by atoms with Crippen LogP contribution in [0.2, 0.25) is 0 Å². The zero-order valence-corrected chi connectivity index (χ0v) is 15.3. The lowest BCUT2D eigenvalue weighted by molar-refractivity contribution is -0.122. The van der Waals surface area contributed by atoms with Crippen LogP contribution in [0.25, 0.3) is 11.4 Å². The van der Waals surface area contributed by atoms with Gasteiger partial charge in [0.15, 0.2) is 0 Å². The first-order valence-corrected chi connectivity index (χ1v) is 9.35. The van der Waals surface area contributed by atoms with Crippen LogP contribution in [0, 0.1) is 12.8 Å². The first-order chi connectivity index (χ1) is 12.7. The molecule has 0 bridgehead atoms. The lowest BCUT2D eigenvalue weighted by Gasteiger charge is -2.44. The second kappa shape index (κ2) is 8.89. The second-order valence-electron chi connectivity index (χ2n) is 7.03. The molecular weight excluding hydrogens is 330 g/mol. The standard InChI is InChI=1S/C18H25N5.CH2O2/c1-14-20-11-16(12-21-14)18-19-7-10-23(18)13-15-5-4-9-22-8-3-2-6-17(15)22;2-1-3/h7,10-12,15,17H,2-6,8-9,13H2,1H3;1H,(H,2,3)/t15-,17+;/m0./s1. The summed E-state index contributed by atoms with van der Waals surface area (Å²) in [5, 5.41) is 6.89. The lowest BCUT2D eigenvalue weighted by atomic mass is 9.83. The SMILES string of the molecule is Cc1ncc(-c2nccn2C[C@@H]2CCCN3CCCC[C@H]23)cn1.O=CO. The Bertz CT molecular complexity index is 698. The van der Waals surface area contributed by atoms with Crippen LogP contribution in [0.3, 0.4) is 0 Å². The van der Waals surface area contributed by atoms with Crippen LogP contribution in [0.4, 0.5) is 0 Å². The Kier molecular flexibility index (Phi) is 6.33. The average Bonchev–Trinajstić information content (AvgIpc) is 3.12. The summed E-state index contributed by atoms with van der Waals surface area (Å²) in [5.74, 6) is 2.54. The van der Waals surface area contributed by atoms with Crippen LogP contribution in [-0.4, -0.2) is 55.1 Å². The summed E-state index contributed by atoms with van der Waals surface area (Å²) in [7, 11) is 0. The number of imidazole rings is 1. The first-order valence-electron chi connectivity index (χ1n) is 9.35. The molecule has 2 aromatic rings. The van der Waals surface area contributed by atoms with Gasteiger partial charge in [0, 0.05) is 37.4 Å². The Morgan fingerprint density at radius 1 is 1.15 bits per heavy atom. The summed E-state index contributed by atoms with van der Waals surface area (Å²) in [6.07, 6.45) is 14.6. The van der Waals surface area contributed by atoms with E-state index in [9.17, 15) is 0 Å². The van der Waals surface area contributed by atoms with E-state index in [1.54, 1.807) is 0 Å². The predicted octanol–water partition coefficient (Wildman–Crippen LogP) is 2.61. The lowest BCUT2D eigenvalue weighted by Crippen LogP contribution is -2.49. The van der Waals surface area contributed by atoms with Crippen molar-refractivity contribution in [2.24, 2.45) is 5.92 Å². The van der Waals surface area contributed by atoms with Gasteiger partial charge in [-0.1, -0.05) is 6.42 Å². The van der Waals surface area contributed by atoms with Gasteiger partial charge in [-0.2, -0.15) is 0 Å². The molecule has 2 saturated heterocycles. The molecule has 2 aliphatic rings. The maximum atomic E-state index is 8.36. The minimum absolute atomic E-state index is 0.250. The summed E-state index contributed by atoms with van der Waals surface area (Å²) < 4.78 is 2.30. The molecule has 2 fully saturated rings. The maximum absolute atomic E-state index is 8.36. The van der Waals surface area contributed by atoms with Gasteiger partial charge < -0.3 is 14.6 Å². The number of fused-ring (bicyclic) bond motifs is 1. The summed E-state index contributed by atoms with van der Waals surface area (Å²) in [4.78, 5) is 24.3. The highest BCUT2D eigenvalue weighted by atomic mass is 16.3. The Hall–Kier alpha value is -2.28. The van der Waals surface area contributed by atoms with Crippen molar-refractivity contribution in [3.63, 3.8) is 0 Å². The fourth-order valence-electron chi connectivity index (χ4n) is 4.27. The molecule has 0 aliphatic carbocycles. The van der Waals surface area contributed by atoms with E-state index in [-0.39, 0.29) is 6.47 Å². The van der Waals surface area contributed by atoms with Crippen LogP contribution < -0.4 is 0 Å². The predicted molar refractivity (Wildman–Crippen MR) is 98.6 cm³/mol. The van der Waals surface area contributed by atoms with Crippen molar-refractivity contribution in [2.45, 2.75) is 51.6 Å². The van der Waals surface area contributed by atoms with Gasteiger partial charge in [0.1, 0.15) is 11.6 Å². The van der Waals surface area contributed by atoms with E-state index in [1.165, 1.54) is 45.2 Å². The zero-order chi connectivity index (χ0) is 18.4. The molecule has 2 atom stereocenters. The largest absolute Gasteiger partial charge is 0.483 e. The van der Waals surface area contributed by atoms with E-state index in [1.807, 2.05) is 25.5 Å². The smallest absolute Gasteiger partial charge is 0.290 e. The molecule has 1 N–H and O–H groups in total. The molecule has 2 aliphatic heterocycles. The normalized spacial score (nSPS) is 22.8. The number of carbonyl (C=O) groups is 1. The molecule has 0 aromatic carbocycles. The molecule has 7 heteroatoms. The molecule has 0 saturated carbocycles. The molecule has 2 aromatic heterocycles. The van der Waals surface area contributed by atoms with Gasteiger partial charge >= 0.3 is 0 Å². The van der Waals surface area contributed by atoms with Gasteiger partial charge in [-0.05, 0) is 51.6 Å². The molecule has 26 heavy (non-hydrogen) atoms. The van der Waals surface area contributed by atoms with Crippen LogP contribution in [0.15, 0.2) is 24.8 Å². The monoisotopic (exact) mass is 357 g/mol. The van der Waals surface area contributed by atoms with Crippen LogP contribution in [-0.2, 0) is 11.3 Å². The summed E-state index contributed by atoms with van der Waals surface area (Å²) >= 11 is 0. The maximum Gasteiger partial charge on any atom is 0.290 e. The second-order valence-corrected chi connectivity index (χ2v) is 7.03. The highest BCUT2D eigenvalue weighted by molar-refractivity contribution is 5.52. The quantitative estimate of drug-likeness (QED) is 0.850. The summed E-state index contributed by atoms with van der Waals surface area (Å²) in [6.45, 7) is 5.31. The molecule has 0 amide bonds. The van der Waals surface area contributed by atoms with Crippen molar-refractivity contribution in [2.75, 3.05) is 13.1 Å². The van der Waals surface area contributed by atoms with Crippen LogP contribution >= 0.6 is 0 Å². The third-order valence-electron chi connectivity index (χ3n) is 5.41. The van der Waals surface area contributed by atoms with E-state index < -0.39 is 0 Å². The Morgan fingerprint density at radius 3 is 2.65 bits per heavy atom. The Morgan fingerprint density at radius 2 is 1.88 bits per heavy atom. The molecular formula is C19H27N5O2. The minimum atomic E-state index is -0.250. The first kappa shape index (κ1) is 18.5. The average molecular weight is 357 g/mol. The van der Waals surface area contributed by atoms with Gasteiger partial charge in [-0.25, -0.2) is 15.0 Å². The van der Waals surface area contributed by atoms with E-state index >= 15 is 0 Å². The van der Waals surface area contributed by atoms with Gasteiger partial charge in [0.05, 0.1) is 5.56 Å². The number of aryl methyl sites for hydroxylation is 1. The molecule has 7 nitrogen and oxygen atoms in total. The summed E-state index contributed by atoms with van der Waals surface area (Å²) in [6, 6.07) is 0.766. The van der Waals surface area contributed by atoms with Crippen molar-refractivity contribution in [3.8, 4) is 11.4 Å². The molecule has 4 heterocycles. The van der Waals surface area contributed by atoms with E-state index in [2.05, 4.69) is 30.6 Å². The third kappa shape index (κ3) is 4.27. The number of hydrogen-bond acceptors (Lipinski definition) is 5. The van der Waals surface area contributed by atoms with Crippen molar-refractivity contribution >= 4 is 6.47 Å². The topological polar surface area (TPSA) is 84.1 Å². The van der Waals surface area contributed by atoms with Crippen LogP contribution in [0.1, 0.15) is 37.9 Å². The number of piperidine rings is 2. The Labute approximate surface area is 154 Å². The molecule has 0 spiro atoms. The number of rotatable bonds is 3. The summed E-state index contributed by atoms with van der Waals surface area (Å²) in [5.41, 5.74) is 1.01. The van der Waals surface area contributed by atoms with Crippen LogP contribution in [0.5, 0.6) is 0 Å². The molecule has 0 unspecified atom stereocenters. The van der Waals surface area contributed by atoms with E-state index in [0.717, 1.165) is 35.7 Å². The molecule has 140 valence electrons. The molecule has 0 radical (unpaired) electrons. The fourth-order valence-corrected chi connectivity index (χ4v) is 4.27. The zero-order valence-electron chi connectivity index (χ0n) is 15.3. The van der Waals surface area contributed by atoms with Gasteiger partial charge in [0.25, 0.3) is 6.47 Å². The van der Waals surface area contributed by atoms with E-state index in [4.69, 9.17) is 9.90 Å². The van der Waals surface area contributed by atoms with Crippen molar-refractivity contribution in [3.05, 3.63) is 30.6 Å².